The second-order valence-corrected chi connectivity index (χ2v) is 5.60. The maximum Gasteiger partial charge on any atom is 0.222 e. The Labute approximate surface area is 124 Å². The number of para-hydroxylation sites is 1. The highest BCUT2D eigenvalue weighted by atomic mass is 16.1. The van der Waals surface area contributed by atoms with Gasteiger partial charge in [0.2, 0.25) is 11.3 Å². The van der Waals surface area contributed by atoms with Crippen LogP contribution in [0, 0.1) is 5.92 Å². The number of benzene rings is 1. The molecule has 1 amide bonds. The van der Waals surface area contributed by atoms with E-state index in [4.69, 9.17) is 0 Å². The molecule has 5 heteroatoms. The molecule has 0 fully saturated rings. The quantitative estimate of drug-likeness (QED) is 0.914. The lowest BCUT2D eigenvalue weighted by atomic mass is 10.1. The fourth-order valence-electron chi connectivity index (χ4n) is 2.04. The van der Waals surface area contributed by atoms with Gasteiger partial charge in [0, 0.05) is 17.8 Å². The molecule has 0 saturated heterocycles. The monoisotopic (exact) mass is 287 g/mol. The molecule has 2 rings (SSSR count). The van der Waals surface area contributed by atoms with Gasteiger partial charge >= 0.3 is 0 Å². The van der Waals surface area contributed by atoms with Crippen LogP contribution in [0.1, 0.15) is 27.2 Å². The Hall–Kier alpha value is -2.17. The molecule has 1 aromatic heterocycles. The molecule has 0 aliphatic rings. The van der Waals surface area contributed by atoms with Crippen LogP contribution >= 0.6 is 0 Å². The molecular formula is C16H21N3O2. The zero-order valence-electron chi connectivity index (χ0n) is 12.7. The lowest BCUT2D eigenvalue weighted by molar-refractivity contribution is -0.122. The number of nitrogens with zero attached hydrogens (tertiary/aromatic N) is 2. The number of carbonyl (C=O) groups is 1. The Morgan fingerprint density at radius 3 is 2.71 bits per heavy atom. The van der Waals surface area contributed by atoms with E-state index < -0.39 is 0 Å². The first-order valence-electron chi connectivity index (χ1n) is 7.23. The Balaban J connectivity index is 2.09. The van der Waals surface area contributed by atoms with E-state index in [0.29, 0.717) is 24.3 Å². The van der Waals surface area contributed by atoms with Gasteiger partial charge in [0.25, 0.3) is 0 Å². The van der Waals surface area contributed by atoms with Crippen molar-refractivity contribution in [2.75, 3.05) is 0 Å². The fourth-order valence-corrected chi connectivity index (χ4v) is 2.04. The minimum atomic E-state index is -0.0975. The van der Waals surface area contributed by atoms with Crippen molar-refractivity contribution in [1.29, 1.82) is 0 Å². The number of aromatic nitrogens is 2. The molecule has 0 aliphatic carbocycles. The van der Waals surface area contributed by atoms with Crippen LogP contribution in [0.5, 0.6) is 0 Å². The smallest absolute Gasteiger partial charge is 0.222 e. The summed E-state index contributed by atoms with van der Waals surface area (Å²) in [7, 11) is 0. The molecule has 1 unspecified atom stereocenters. The van der Waals surface area contributed by atoms with Crippen molar-refractivity contribution in [3.63, 3.8) is 0 Å². The lowest BCUT2D eigenvalue weighted by Crippen LogP contribution is -2.36. The molecule has 1 heterocycles. The Morgan fingerprint density at radius 1 is 1.29 bits per heavy atom. The zero-order chi connectivity index (χ0) is 15.4. The Morgan fingerprint density at radius 2 is 2.00 bits per heavy atom. The van der Waals surface area contributed by atoms with E-state index in [9.17, 15) is 9.59 Å². The van der Waals surface area contributed by atoms with Crippen LogP contribution in [0.15, 0.2) is 35.3 Å². The first-order valence-corrected chi connectivity index (χ1v) is 7.23. The molecule has 21 heavy (non-hydrogen) atoms. The molecule has 1 aromatic carbocycles. The summed E-state index contributed by atoms with van der Waals surface area (Å²) in [5.41, 5.74) is 0.662. The minimum Gasteiger partial charge on any atom is -0.353 e. The maximum absolute atomic E-state index is 11.9. The number of rotatable bonds is 5. The third kappa shape index (κ3) is 3.68. The van der Waals surface area contributed by atoms with E-state index in [1.54, 1.807) is 10.7 Å². The van der Waals surface area contributed by atoms with E-state index in [2.05, 4.69) is 24.3 Å². The molecule has 2 aromatic rings. The van der Waals surface area contributed by atoms with Gasteiger partial charge in [-0.15, -0.1) is 0 Å². The van der Waals surface area contributed by atoms with Gasteiger partial charge < -0.3 is 5.32 Å². The summed E-state index contributed by atoms with van der Waals surface area (Å²) in [6.45, 7) is 6.59. The average molecular weight is 287 g/mol. The predicted octanol–water partition coefficient (Wildman–Crippen LogP) is 1.95. The van der Waals surface area contributed by atoms with Crippen LogP contribution in [0.4, 0.5) is 0 Å². The van der Waals surface area contributed by atoms with Crippen molar-refractivity contribution >= 4 is 16.8 Å². The van der Waals surface area contributed by atoms with Gasteiger partial charge in [-0.2, -0.15) is 5.10 Å². The van der Waals surface area contributed by atoms with Crippen molar-refractivity contribution < 1.29 is 4.79 Å². The summed E-state index contributed by atoms with van der Waals surface area (Å²) in [6.07, 6.45) is 1.65. The van der Waals surface area contributed by atoms with E-state index in [1.807, 2.05) is 25.1 Å². The standard InChI is InChI=1S/C16H21N3O2/c1-11(2)12(3)18-16(21)8-9-19-14-7-5-4-6-13(14)15(20)10-17-19/h4-7,10-12H,8-9H2,1-3H3,(H,18,21). The van der Waals surface area contributed by atoms with E-state index in [1.165, 1.54) is 6.20 Å². The summed E-state index contributed by atoms with van der Waals surface area (Å²) in [6, 6.07) is 7.46. The Kier molecular flexibility index (Phi) is 4.73. The fraction of sp³-hybridized carbons (Fsp3) is 0.438. The van der Waals surface area contributed by atoms with Crippen molar-refractivity contribution in [2.45, 2.75) is 39.8 Å². The third-order valence-electron chi connectivity index (χ3n) is 3.70. The molecule has 112 valence electrons. The number of carbonyl (C=O) groups excluding carboxylic acids is 1. The van der Waals surface area contributed by atoms with Crippen molar-refractivity contribution in [3.8, 4) is 0 Å². The number of hydrogen-bond acceptors (Lipinski definition) is 3. The van der Waals surface area contributed by atoms with Gasteiger partial charge in [-0.1, -0.05) is 26.0 Å². The SMILES string of the molecule is CC(C)C(C)NC(=O)CCn1ncc(=O)c2ccccc21. The number of fused-ring (bicyclic) bond motifs is 1. The normalized spacial score (nSPS) is 12.6. The number of amides is 1. The molecule has 0 bridgehead atoms. The van der Waals surface area contributed by atoms with Crippen molar-refractivity contribution in [1.82, 2.24) is 15.1 Å². The van der Waals surface area contributed by atoms with Gasteiger partial charge in [-0.05, 0) is 25.0 Å². The predicted molar refractivity (Wildman–Crippen MR) is 83.1 cm³/mol. The first-order chi connectivity index (χ1) is 9.99. The number of aryl methyl sites for hydroxylation is 1. The van der Waals surface area contributed by atoms with E-state index in [0.717, 1.165) is 5.52 Å². The summed E-state index contributed by atoms with van der Waals surface area (Å²) < 4.78 is 1.70. The topological polar surface area (TPSA) is 64.0 Å². The maximum atomic E-state index is 11.9. The highest BCUT2D eigenvalue weighted by Gasteiger charge is 2.11. The van der Waals surface area contributed by atoms with Gasteiger partial charge in [-0.25, -0.2) is 0 Å². The number of nitrogens with one attached hydrogen (secondary N) is 1. The van der Waals surface area contributed by atoms with Crippen LogP contribution in [-0.2, 0) is 11.3 Å². The van der Waals surface area contributed by atoms with Gasteiger partial charge in [0.15, 0.2) is 0 Å². The molecule has 5 nitrogen and oxygen atoms in total. The van der Waals surface area contributed by atoms with Crippen LogP contribution < -0.4 is 10.7 Å². The number of hydrogen-bond donors (Lipinski definition) is 1. The largest absolute Gasteiger partial charge is 0.353 e. The summed E-state index contributed by atoms with van der Waals surface area (Å²) in [5, 5.41) is 7.71. The highest BCUT2D eigenvalue weighted by Crippen LogP contribution is 2.08. The van der Waals surface area contributed by atoms with Crippen LogP contribution in [0.25, 0.3) is 10.9 Å². The van der Waals surface area contributed by atoms with Crippen LogP contribution in [-0.4, -0.2) is 21.7 Å². The van der Waals surface area contributed by atoms with Gasteiger partial charge in [0.05, 0.1) is 18.3 Å². The Bertz CT molecular complexity index is 691. The second kappa shape index (κ2) is 6.52. The molecule has 1 N–H and O–H groups in total. The molecular weight excluding hydrogens is 266 g/mol. The molecule has 1 atom stereocenters. The third-order valence-corrected chi connectivity index (χ3v) is 3.70. The first kappa shape index (κ1) is 15.2. The molecule has 0 radical (unpaired) electrons. The molecule has 0 saturated carbocycles. The molecule has 0 spiro atoms. The second-order valence-electron chi connectivity index (χ2n) is 5.60. The summed E-state index contributed by atoms with van der Waals surface area (Å²) in [5.74, 6) is 0.404. The summed E-state index contributed by atoms with van der Waals surface area (Å²) in [4.78, 5) is 23.7. The lowest BCUT2D eigenvalue weighted by Gasteiger charge is -2.17. The van der Waals surface area contributed by atoms with Crippen LogP contribution in [0.2, 0.25) is 0 Å². The van der Waals surface area contributed by atoms with Gasteiger partial charge in [-0.3, -0.25) is 14.3 Å². The minimum absolute atomic E-state index is 0.000723. The van der Waals surface area contributed by atoms with E-state index in [-0.39, 0.29) is 17.4 Å². The van der Waals surface area contributed by atoms with E-state index >= 15 is 0 Å². The summed E-state index contributed by atoms with van der Waals surface area (Å²) >= 11 is 0. The highest BCUT2D eigenvalue weighted by molar-refractivity contribution is 5.79. The molecule has 0 aliphatic heterocycles. The van der Waals surface area contributed by atoms with Crippen molar-refractivity contribution in [3.05, 3.63) is 40.7 Å². The van der Waals surface area contributed by atoms with Gasteiger partial charge in [0.1, 0.15) is 0 Å². The average Bonchev–Trinajstić information content (AvgIpc) is 2.46. The van der Waals surface area contributed by atoms with Crippen LogP contribution in [0.3, 0.4) is 0 Å². The van der Waals surface area contributed by atoms with Crippen molar-refractivity contribution in [2.24, 2.45) is 5.92 Å². The zero-order valence-corrected chi connectivity index (χ0v) is 12.7.